The number of nitrogens with two attached hydrogens (primary N) is 1. The SMILES string of the molecule is NC(CSCC1CCCC1)c1cccc2ccccc12. The maximum atomic E-state index is 6.43. The van der Waals surface area contributed by atoms with Gasteiger partial charge in [-0.25, -0.2) is 0 Å². The first-order chi connectivity index (χ1) is 9.84. The molecule has 20 heavy (non-hydrogen) atoms. The van der Waals surface area contributed by atoms with Crippen LogP contribution in [0.5, 0.6) is 0 Å². The van der Waals surface area contributed by atoms with Crippen molar-refractivity contribution >= 4 is 22.5 Å². The van der Waals surface area contributed by atoms with Gasteiger partial charge in [-0.1, -0.05) is 55.3 Å². The van der Waals surface area contributed by atoms with Crippen LogP contribution in [0.15, 0.2) is 42.5 Å². The third kappa shape index (κ3) is 3.18. The van der Waals surface area contributed by atoms with E-state index in [0.29, 0.717) is 0 Å². The maximum absolute atomic E-state index is 6.43. The van der Waals surface area contributed by atoms with Gasteiger partial charge in [0.25, 0.3) is 0 Å². The molecule has 2 N–H and O–H groups in total. The van der Waals surface area contributed by atoms with Crippen LogP contribution in [0.2, 0.25) is 0 Å². The van der Waals surface area contributed by atoms with Gasteiger partial charge in [0.15, 0.2) is 0 Å². The van der Waals surface area contributed by atoms with Crippen molar-refractivity contribution in [3.63, 3.8) is 0 Å². The summed E-state index contributed by atoms with van der Waals surface area (Å²) < 4.78 is 0. The van der Waals surface area contributed by atoms with E-state index in [4.69, 9.17) is 5.73 Å². The molecule has 1 unspecified atom stereocenters. The van der Waals surface area contributed by atoms with Crippen molar-refractivity contribution in [3.8, 4) is 0 Å². The second kappa shape index (κ2) is 6.64. The molecule has 0 radical (unpaired) electrons. The van der Waals surface area contributed by atoms with E-state index >= 15 is 0 Å². The summed E-state index contributed by atoms with van der Waals surface area (Å²) in [6.07, 6.45) is 5.72. The van der Waals surface area contributed by atoms with Gasteiger partial charge in [0.2, 0.25) is 0 Å². The van der Waals surface area contributed by atoms with E-state index in [-0.39, 0.29) is 6.04 Å². The van der Waals surface area contributed by atoms with Crippen molar-refractivity contribution in [1.82, 2.24) is 0 Å². The summed E-state index contributed by atoms with van der Waals surface area (Å²) >= 11 is 2.04. The summed E-state index contributed by atoms with van der Waals surface area (Å²) in [6.45, 7) is 0. The lowest BCUT2D eigenvalue weighted by atomic mass is 10.0. The van der Waals surface area contributed by atoms with Crippen molar-refractivity contribution in [2.75, 3.05) is 11.5 Å². The molecule has 0 amide bonds. The van der Waals surface area contributed by atoms with Crippen LogP contribution >= 0.6 is 11.8 Å². The number of hydrogen-bond donors (Lipinski definition) is 1. The smallest absolute Gasteiger partial charge is 0.0392 e. The van der Waals surface area contributed by atoms with Crippen LogP contribution in [0, 0.1) is 5.92 Å². The number of thioether (sulfide) groups is 1. The molecule has 1 aliphatic rings. The lowest BCUT2D eigenvalue weighted by Gasteiger charge is -2.16. The minimum absolute atomic E-state index is 0.146. The van der Waals surface area contributed by atoms with Gasteiger partial charge >= 0.3 is 0 Å². The minimum Gasteiger partial charge on any atom is -0.323 e. The zero-order chi connectivity index (χ0) is 13.8. The first-order valence-corrected chi connectivity index (χ1v) is 8.81. The molecule has 3 rings (SSSR count). The number of fused-ring (bicyclic) bond motifs is 1. The number of rotatable bonds is 5. The average molecular weight is 285 g/mol. The number of benzene rings is 2. The molecule has 1 fully saturated rings. The zero-order valence-electron chi connectivity index (χ0n) is 11.9. The highest BCUT2D eigenvalue weighted by Crippen LogP contribution is 2.30. The molecule has 0 aromatic heterocycles. The quantitative estimate of drug-likeness (QED) is 0.857. The average Bonchev–Trinajstić information content (AvgIpc) is 3.00. The van der Waals surface area contributed by atoms with Crippen LogP contribution < -0.4 is 5.73 Å². The third-order valence-electron chi connectivity index (χ3n) is 4.35. The summed E-state index contributed by atoms with van der Waals surface area (Å²) in [5.41, 5.74) is 7.72. The number of hydrogen-bond acceptors (Lipinski definition) is 2. The van der Waals surface area contributed by atoms with Gasteiger partial charge in [0.05, 0.1) is 0 Å². The molecule has 1 aliphatic carbocycles. The first-order valence-electron chi connectivity index (χ1n) is 7.65. The van der Waals surface area contributed by atoms with Crippen molar-refractivity contribution < 1.29 is 0 Å². The van der Waals surface area contributed by atoms with Gasteiger partial charge in [0, 0.05) is 11.8 Å². The molecule has 0 spiro atoms. The summed E-state index contributed by atoms with van der Waals surface area (Å²) in [6, 6.07) is 15.2. The second-order valence-electron chi connectivity index (χ2n) is 5.86. The summed E-state index contributed by atoms with van der Waals surface area (Å²) in [5, 5.41) is 2.60. The molecular formula is C18H23NS. The molecule has 1 atom stereocenters. The lowest BCUT2D eigenvalue weighted by molar-refractivity contribution is 0.622. The van der Waals surface area contributed by atoms with Crippen LogP contribution in [0.25, 0.3) is 10.8 Å². The molecule has 106 valence electrons. The third-order valence-corrected chi connectivity index (χ3v) is 5.65. The molecule has 2 aromatic carbocycles. The minimum atomic E-state index is 0.146. The Morgan fingerprint density at radius 2 is 1.80 bits per heavy atom. The van der Waals surface area contributed by atoms with Crippen molar-refractivity contribution in [2.24, 2.45) is 11.7 Å². The highest BCUT2D eigenvalue weighted by atomic mass is 32.2. The largest absolute Gasteiger partial charge is 0.323 e. The summed E-state index contributed by atoms with van der Waals surface area (Å²) in [4.78, 5) is 0. The Hall–Kier alpha value is -0.990. The van der Waals surface area contributed by atoms with Gasteiger partial charge < -0.3 is 5.73 Å². The van der Waals surface area contributed by atoms with Crippen LogP contribution in [-0.4, -0.2) is 11.5 Å². The predicted molar refractivity (Wildman–Crippen MR) is 90.2 cm³/mol. The fraction of sp³-hybridized carbons (Fsp3) is 0.444. The van der Waals surface area contributed by atoms with Crippen molar-refractivity contribution in [2.45, 2.75) is 31.7 Å². The Morgan fingerprint density at radius 1 is 1.05 bits per heavy atom. The molecular weight excluding hydrogens is 262 g/mol. The lowest BCUT2D eigenvalue weighted by Crippen LogP contribution is -2.14. The Kier molecular flexibility index (Phi) is 4.64. The normalized spacial score (nSPS) is 17.6. The molecule has 1 nitrogen and oxygen atoms in total. The predicted octanol–water partition coefficient (Wildman–Crippen LogP) is 4.76. The van der Waals surface area contributed by atoms with Gasteiger partial charge in [-0.3, -0.25) is 0 Å². The highest BCUT2D eigenvalue weighted by Gasteiger charge is 2.16. The second-order valence-corrected chi connectivity index (χ2v) is 6.94. The van der Waals surface area contributed by atoms with E-state index in [2.05, 4.69) is 42.5 Å². The maximum Gasteiger partial charge on any atom is 0.0392 e. The molecule has 0 saturated heterocycles. The van der Waals surface area contributed by atoms with Gasteiger partial charge in [-0.05, 0) is 40.8 Å². The van der Waals surface area contributed by atoms with E-state index < -0.39 is 0 Å². The highest BCUT2D eigenvalue weighted by molar-refractivity contribution is 7.99. The zero-order valence-corrected chi connectivity index (χ0v) is 12.7. The topological polar surface area (TPSA) is 26.0 Å². The van der Waals surface area contributed by atoms with Gasteiger partial charge in [-0.2, -0.15) is 11.8 Å². The molecule has 0 aliphatic heterocycles. The fourth-order valence-corrected chi connectivity index (χ4v) is 4.44. The van der Waals surface area contributed by atoms with E-state index in [1.807, 2.05) is 11.8 Å². The van der Waals surface area contributed by atoms with E-state index in [1.54, 1.807) is 0 Å². The Morgan fingerprint density at radius 3 is 2.65 bits per heavy atom. The van der Waals surface area contributed by atoms with Gasteiger partial charge in [-0.15, -0.1) is 0 Å². The van der Waals surface area contributed by atoms with Crippen molar-refractivity contribution in [1.29, 1.82) is 0 Å². The standard InChI is InChI=1S/C18H23NS/c19-18(13-20-12-14-6-1-2-7-14)17-11-5-9-15-8-3-4-10-16(15)17/h3-5,8-11,14,18H,1-2,6-7,12-13,19H2. The Labute approximate surface area is 125 Å². The van der Waals surface area contributed by atoms with E-state index in [9.17, 15) is 0 Å². The molecule has 2 aromatic rings. The molecule has 0 heterocycles. The molecule has 2 heteroatoms. The summed E-state index contributed by atoms with van der Waals surface area (Å²) in [7, 11) is 0. The van der Waals surface area contributed by atoms with Gasteiger partial charge in [0.1, 0.15) is 0 Å². The fourth-order valence-electron chi connectivity index (χ4n) is 3.20. The molecule has 0 bridgehead atoms. The first kappa shape index (κ1) is 14.0. The Bertz CT molecular complexity index is 555. The summed E-state index contributed by atoms with van der Waals surface area (Å²) in [5.74, 6) is 3.27. The monoisotopic (exact) mass is 285 g/mol. The Balaban J connectivity index is 1.64. The van der Waals surface area contributed by atoms with E-state index in [0.717, 1.165) is 11.7 Å². The van der Waals surface area contributed by atoms with Crippen LogP contribution in [-0.2, 0) is 0 Å². The van der Waals surface area contributed by atoms with Crippen molar-refractivity contribution in [3.05, 3.63) is 48.0 Å². The van der Waals surface area contributed by atoms with E-state index in [1.165, 1.54) is 47.8 Å². The van der Waals surface area contributed by atoms with Crippen LogP contribution in [0.3, 0.4) is 0 Å². The van der Waals surface area contributed by atoms with Crippen LogP contribution in [0.4, 0.5) is 0 Å². The molecule has 1 saturated carbocycles. The van der Waals surface area contributed by atoms with Crippen LogP contribution in [0.1, 0.15) is 37.3 Å².